The summed E-state index contributed by atoms with van der Waals surface area (Å²) in [5.41, 5.74) is 34.8. The Kier molecular flexibility index (Phi) is 48.9. The van der Waals surface area contributed by atoms with Crippen molar-refractivity contribution >= 4 is 0 Å². The number of hydrogen-bond donors (Lipinski definition) is 0. The average Bonchev–Trinajstić information content (AvgIpc) is 0.813. The van der Waals surface area contributed by atoms with Gasteiger partial charge in [-0.1, -0.05) is 303 Å². The van der Waals surface area contributed by atoms with Gasteiger partial charge in [-0.15, -0.1) is 285 Å². The molecule has 13 heteroatoms. The van der Waals surface area contributed by atoms with Gasteiger partial charge in [-0.2, -0.15) is 0 Å². The van der Waals surface area contributed by atoms with Crippen LogP contribution in [0.4, 0.5) is 0 Å². The predicted molar refractivity (Wildman–Crippen MR) is 585 cm³/mol. The summed E-state index contributed by atoms with van der Waals surface area (Å²) in [4.78, 5) is 35.1. The van der Waals surface area contributed by atoms with Gasteiger partial charge >= 0.3 is 0 Å². The monoisotopic (exact) mass is 2790 g/mol. The van der Waals surface area contributed by atoms with Crippen LogP contribution in [0.15, 0.2) is 480 Å². The number of nitrogens with zero attached hydrogens (tertiary/aromatic N) is 8. The molecule has 0 aliphatic carbocycles. The Balaban J connectivity index is 0.000000187. The van der Waals surface area contributed by atoms with Crippen molar-refractivity contribution in [1.82, 2.24) is 39.9 Å². The maximum Gasteiger partial charge on any atom is 0.0163 e. The number of benzene rings is 13. The number of rotatable bonds is 17. The van der Waals surface area contributed by atoms with Gasteiger partial charge in [-0.3, -0.25) is 0 Å². The third-order valence-electron chi connectivity index (χ3n) is 22.8. The SMILES string of the molecule is CC(C)(C)c1ccnc(-c2[c-]ccc(-c3ccccc3)c2)c1.CC(C)Cc1ccnc(-c2[c-]ccc(-c3ccccc3)c2)c1.CC(C)c1ccnc(-c2[c-]ccc(-c3ccccc3)c2)c1.CC(C)c1ccnc(-c2[c-]ccc(-c3ccccc3)c2)c1.Cc1ccnc(-c2[c-]ccc(-c3ccccc3)c2)c1.[Ir].[Ir].[Ir].[Ir].[Ir].[c-]1ccccc1-c1ccccn1.[c-]1ccccc1-c1ccccn1.[c-]1ccccc1-c1ccccn1. The molecule has 0 saturated heterocycles. The van der Waals surface area contributed by atoms with Crippen LogP contribution in [0.1, 0.15) is 102 Å². The largest absolute Gasteiger partial charge is 0.305 e. The fraction of sp³-hybridized carbons (Fsp3) is 0.113. The standard InChI is InChI=1S/2C21H20N.2C20H18N.C18H14N.3C11H8N.5Ir/c1-21(2,3)19-12-13-22-20(15-19)18-11-7-10-17(14-18)16-8-5-4-6-9-16;1-16(2)13-17-11-12-22-21(14-17)20-10-6-9-19(15-20)18-7-4-3-5-8-18;2*1-15(2)17-11-12-21-20(14-17)19-10-6-9-18(13-19)16-7-4-3-5-8-16;1-14-10-11-19-18(12-14)17-9-5-8-16(13-17)15-6-3-2-4-7-15;3*1-2-6-10(7-3-1)11-8-4-5-9-12-11;;;;;/h4-10,12-15H,1-3H3;3-9,11-12,14-16H,13H2,1-2H3;2*3-9,11-15H,1-2H3;2-8,10-13H,1H3;3*1-6,8-9H;;;;;/q8*-1;;;;;. The Morgan fingerprint density at radius 2 is 0.459 bits per heavy atom. The van der Waals surface area contributed by atoms with E-state index in [1.807, 2.05) is 225 Å². The van der Waals surface area contributed by atoms with Crippen molar-refractivity contribution in [3.63, 3.8) is 0 Å². The molecule has 0 atom stereocenters. The van der Waals surface area contributed by atoms with Gasteiger partial charge in [0.05, 0.1) is 0 Å². The number of pyridine rings is 8. The van der Waals surface area contributed by atoms with Gasteiger partial charge in [-0.05, 0) is 164 Å². The maximum absolute atomic E-state index is 4.53. The molecule has 0 saturated carbocycles. The molecule has 21 aromatic rings. The first-order valence-corrected chi connectivity index (χ1v) is 47.7. The molecular weight excluding hydrogens is 2670 g/mol. The molecule has 0 spiro atoms. The molecule has 0 fully saturated rings. The summed E-state index contributed by atoms with van der Waals surface area (Å²) in [7, 11) is 0. The summed E-state index contributed by atoms with van der Waals surface area (Å²) in [6.45, 7) is 22.0. The topological polar surface area (TPSA) is 103 Å². The van der Waals surface area contributed by atoms with Crippen LogP contribution in [-0.2, 0) is 112 Å². The fourth-order valence-corrected chi connectivity index (χ4v) is 15.2. The molecule has 0 N–H and O–H groups in total. The van der Waals surface area contributed by atoms with E-state index in [2.05, 4.69) is 394 Å². The average molecular weight is 2790 g/mol. The molecule has 21 rings (SSSR count). The van der Waals surface area contributed by atoms with E-state index in [0.29, 0.717) is 17.8 Å². The normalized spacial score (nSPS) is 10.2. The molecule has 8 heterocycles. The summed E-state index contributed by atoms with van der Waals surface area (Å²) < 4.78 is 0. The molecule has 0 aliphatic rings. The molecule has 8 nitrogen and oxygen atoms in total. The van der Waals surface area contributed by atoms with E-state index in [4.69, 9.17) is 0 Å². The van der Waals surface area contributed by atoms with Crippen LogP contribution in [-0.4, -0.2) is 39.9 Å². The first-order chi connectivity index (χ1) is 69.0. The molecule has 13 aromatic carbocycles. The van der Waals surface area contributed by atoms with Crippen molar-refractivity contribution in [1.29, 1.82) is 0 Å². The summed E-state index contributed by atoms with van der Waals surface area (Å²) in [6, 6.07) is 171. The van der Waals surface area contributed by atoms with Crippen molar-refractivity contribution < 1.29 is 101 Å². The van der Waals surface area contributed by atoms with Crippen molar-refractivity contribution in [3.05, 3.63) is 557 Å². The van der Waals surface area contributed by atoms with Gasteiger partial charge in [0.2, 0.25) is 0 Å². The zero-order valence-corrected chi connectivity index (χ0v) is 95.3. The first-order valence-electron chi connectivity index (χ1n) is 47.7. The fourth-order valence-electron chi connectivity index (χ4n) is 15.2. The van der Waals surface area contributed by atoms with Gasteiger partial charge in [0.1, 0.15) is 0 Å². The van der Waals surface area contributed by atoms with Crippen LogP contribution in [0.2, 0.25) is 0 Å². The van der Waals surface area contributed by atoms with Gasteiger partial charge < -0.3 is 39.9 Å². The molecule has 739 valence electrons. The van der Waals surface area contributed by atoms with Gasteiger partial charge in [0, 0.05) is 150 Å². The van der Waals surface area contributed by atoms with Crippen molar-refractivity contribution in [2.45, 2.75) is 92.9 Å². The van der Waals surface area contributed by atoms with Crippen molar-refractivity contribution in [2.75, 3.05) is 0 Å². The Morgan fingerprint density at radius 1 is 0.205 bits per heavy atom. The summed E-state index contributed by atoms with van der Waals surface area (Å²) >= 11 is 0. The van der Waals surface area contributed by atoms with Crippen LogP contribution in [0.25, 0.3) is 146 Å². The molecule has 146 heavy (non-hydrogen) atoms. The third-order valence-corrected chi connectivity index (χ3v) is 22.8. The first kappa shape index (κ1) is 116. The zero-order valence-electron chi connectivity index (χ0n) is 83.3. The van der Waals surface area contributed by atoms with E-state index < -0.39 is 0 Å². The van der Waals surface area contributed by atoms with Crippen molar-refractivity contribution in [3.8, 4) is 146 Å². The maximum atomic E-state index is 4.53. The summed E-state index contributed by atoms with van der Waals surface area (Å²) in [5, 5.41) is 0. The van der Waals surface area contributed by atoms with Crippen LogP contribution in [0, 0.1) is 61.4 Å². The Morgan fingerprint density at radius 3 is 0.726 bits per heavy atom. The minimum atomic E-state index is 0. The second kappa shape index (κ2) is 61.6. The van der Waals surface area contributed by atoms with E-state index in [9.17, 15) is 0 Å². The van der Waals surface area contributed by atoms with E-state index in [0.717, 1.165) is 96.5 Å². The smallest absolute Gasteiger partial charge is 0.0163 e. The van der Waals surface area contributed by atoms with Gasteiger partial charge in [0.25, 0.3) is 0 Å². The van der Waals surface area contributed by atoms with Crippen molar-refractivity contribution in [2.24, 2.45) is 5.92 Å². The van der Waals surface area contributed by atoms with Crippen LogP contribution in [0.3, 0.4) is 0 Å². The second-order valence-electron chi connectivity index (χ2n) is 35.6. The number of hydrogen-bond acceptors (Lipinski definition) is 8. The van der Waals surface area contributed by atoms with Gasteiger partial charge in [0.15, 0.2) is 0 Å². The molecule has 8 aromatic heterocycles. The molecule has 0 amide bonds. The van der Waals surface area contributed by atoms with E-state index >= 15 is 0 Å². The Bertz CT molecular complexity index is 6890. The Hall–Kier alpha value is -13.7. The van der Waals surface area contributed by atoms with E-state index in [-0.39, 0.29) is 106 Å². The van der Waals surface area contributed by atoms with Crippen LogP contribution < -0.4 is 0 Å². The van der Waals surface area contributed by atoms with E-state index in [1.54, 1.807) is 18.6 Å². The molecule has 0 bridgehead atoms. The number of aryl methyl sites for hydroxylation is 1. The van der Waals surface area contributed by atoms with E-state index in [1.165, 1.54) is 83.5 Å². The quantitative estimate of drug-likeness (QED) is 0.0831. The Labute approximate surface area is 932 Å². The molecule has 5 radical (unpaired) electrons. The molecule has 0 unspecified atom stereocenters. The van der Waals surface area contributed by atoms with Crippen LogP contribution >= 0.6 is 0 Å². The molecule has 0 aliphatic heterocycles. The zero-order chi connectivity index (χ0) is 98.0. The number of aromatic nitrogens is 8. The summed E-state index contributed by atoms with van der Waals surface area (Å²) in [6.07, 6.45) is 15.8. The second-order valence-corrected chi connectivity index (χ2v) is 35.6. The minimum absolute atomic E-state index is 0. The summed E-state index contributed by atoms with van der Waals surface area (Å²) in [5.74, 6) is 1.66. The van der Waals surface area contributed by atoms with Crippen LogP contribution in [0.5, 0.6) is 0 Å². The molecular formula is C133H114Ir5N8-8. The predicted octanol–water partition coefficient (Wildman–Crippen LogP) is 33.8. The van der Waals surface area contributed by atoms with Gasteiger partial charge in [-0.25, -0.2) is 0 Å². The minimum Gasteiger partial charge on any atom is -0.305 e. The third kappa shape index (κ3) is 36.5.